The van der Waals surface area contributed by atoms with Crippen LogP contribution in [0.4, 0.5) is 0 Å². The molecule has 0 aliphatic heterocycles. The molecule has 104 valence electrons. The van der Waals surface area contributed by atoms with E-state index in [9.17, 15) is 4.79 Å². The van der Waals surface area contributed by atoms with Gasteiger partial charge in [-0.2, -0.15) is 0 Å². The van der Waals surface area contributed by atoms with Crippen molar-refractivity contribution in [3.63, 3.8) is 0 Å². The number of pyridine rings is 1. The second kappa shape index (κ2) is 5.59. The summed E-state index contributed by atoms with van der Waals surface area (Å²) in [4.78, 5) is 12.6. The van der Waals surface area contributed by atoms with E-state index in [0.29, 0.717) is 12.1 Å². The molecule has 0 saturated heterocycles. The van der Waals surface area contributed by atoms with E-state index in [1.165, 1.54) is 11.1 Å². The Morgan fingerprint density at radius 3 is 2.30 bits per heavy atom. The second-order valence-electron chi connectivity index (χ2n) is 5.01. The van der Waals surface area contributed by atoms with Crippen molar-refractivity contribution >= 4 is 17.2 Å². The lowest BCUT2D eigenvalue weighted by molar-refractivity contribution is 0.721. The highest BCUT2D eigenvalue weighted by molar-refractivity contribution is 7.80. The summed E-state index contributed by atoms with van der Waals surface area (Å²) in [5.41, 5.74) is 10.3. The molecule has 0 amide bonds. The molecule has 2 rings (SSSR count). The Hall–Kier alpha value is -1.94. The van der Waals surface area contributed by atoms with Gasteiger partial charge in [0.2, 0.25) is 0 Å². The molecule has 1 heterocycles. The average Bonchev–Trinajstić information content (AvgIpc) is 2.36. The van der Waals surface area contributed by atoms with Crippen LogP contribution in [0.3, 0.4) is 0 Å². The van der Waals surface area contributed by atoms with Crippen LogP contribution < -0.4 is 11.3 Å². The Labute approximate surface area is 124 Å². The molecule has 0 atom stereocenters. The van der Waals surface area contributed by atoms with Crippen LogP contribution in [0.1, 0.15) is 27.9 Å². The van der Waals surface area contributed by atoms with Crippen LogP contribution in [0.5, 0.6) is 0 Å². The van der Waals surface area contributed by atoms with Crippen LogP contribution in [-0.4, -0.2) is 9.56 Å². The summed E-state index contributed by atoms with van der Waals surface area (Å²) in [5.74, 6) is 0. The van der Waals surface area contributed by atoms with Crippen molar-refractivity contribution in [2.45, 2.75) is 27.3 Å². The smallest absolute Gasteiger partial charge is 0.261 e. The summed E-state index contributed by atoms with van der Waals surface area (Å²) in [6.07, 6.45) is 0. The number of aryl methyl sites for hydroxylation is 3. The van der Waals surface area contributed by atoms with Gasteiger partial charge in [-0.3, -0.25) is 4.79 Å². The van der Waals surface area contributed by atoms with Crippen molar-refractivity contribution in [3.05, 3.63) is 68.6 Å². The standard InChI is InChI=1S/C16H18N2OS/c1-10-5-4-6-11(2)14(10)9-18-12(3)7-8-13(15(17)20)16(18)19/h4-8H,9H2,1-3H3,(H2,17,20). The fraction of sp³-hybridized carbons (Fsp3) is 0.250. The lowest BCUT2D eigenvalue weighted by atomic mass is 10.0. The topological polar surface area (TPSA) is 48.0 Å². The first-order valence-corrected chi connectivity index (χ1v) is 6.88. The Kier molecular flexibility index (Phi) is 4.04. The van der Waals surface area contributed by atoms with Gasteiger partial charge in [0.25, 0.3) is 5.56 Å². The van der Waals surface area contributed by atoms with E-state index in [1.807, 2.05) is 19.1 Å². The number of hydrogen-bond acceptors (Lipinski definition) is 2. The van der Waals surface area contributed by atoms with Gasteiger partial charge in [-0.05, 0) is 49.6 Å². The SMILES string of the molecule is Cc1cccc(C)c1Cn1c(C)ccc(C(N)=S)c1=O. The molecular formula is C16H18N2OS. The van der Waals surface area contributed by atoms with Crippen molar-refractivity contribution < 1.29 is 0 Å². The zero-order valence-electron chi connectivity index (χ0n) is 11.9. The third kappa shape index (κ3) is 2.65. The monoisotopic (exact) mass is 286 g/mol. The third-order valence-electron chi connectivity index (χ3n) is 3.62. The highest BCUT2D eigenvalue weighted by atomic mass is 32.1. The number of rotatable bonds is 3. The normalized spacial score (nSPS) is 10.6. The van der Waals surface area contributed by atoms with Crippen LogP contribution in [0.15, 0.2) is 35.1 Å². The van der Waals surface area contributed by atoms with Crippen molar-refractivity contribution in [2.75, 3.05) is 0 Å². The molecule has 4 heteroatoms. The Bertz CT molecular complexity index is 711. The molecular weight excluding hydrogens is 268 g/mol. The first kappa shape index (κ1) is 14.5. The largest absolute Gasteiger partial charge is 0.389 e. The van der Waals surface area contributed by atoms with Crippen molar-refractivity contribution in [3.8, 4) is 0 Å². The number of nitrogens with zero attached hydrogens (tertiary/aromatic N) is 1. The predicted molar refractivity (Wildman–Crippen MR) is 86.3 cm³/mol. The van der Waals surface area contributed by atoms with Gasteiger partial charge in [-0.1, -0.05) is 30.4 Å². The first-order valence-electron chi connectivity index (χ1n) is 6.47. The number of benzene rings is 1. The van der Waals surface area contributed by atoms with E-state index in [4.69, 9.17) is 18.0 Å². The minimum absolute atomic E-state index is 0.125. The summed E-state index contributed by atoms with van der Waals surface area (Å²) in [7, 11) is 0. The molecule has 2 aromatic rings. The maximum Gasteiger partial charge on any atom is 0.261 e. The fourth-order valence-corrected chi connectivity index (χ4v) is 2.47. The van der Waals surface area contributed by atoms with Crippen molar-refractivity contribution in [1.29, 1.82) is 0 Å². The maximum atomic E-state index is 12.5. The Balaban J connectivity index is 2.57. The summed E-state index contributed by atoms with van der Waals surface area (Å²) in [5, 5.41) is 0. The maximum absolute atomic E-state index is 12.5. The van der Waals surface area contributed by atoms with E-state index in [2.05, 4.69) is 26.0 Å². The van der Waals surface area contributed by atoms with Crippen molar-refractivity contribution in [2.24, 2.45) is 5.73 Å². The predicted octanol–water partition coefficient (Wildman–Crippen LogP) is 2.46. The molecule has 0 fully saturated rings. The van der Waals surface area contributed by atoms with Crippen LogP contribution in [0, 0.1) is 20.8 Å². The van der Waals surface area contributed by atoms with Crippen LogP contribution >= 0.6 is 12.2 Å². The number of nitrogens with two attached hydrogens (primary N) is 1. The van der Waals surface area contributed by atoms with E-state index < -0.39 is 0 Å². The molecule has 3 nitrogen and oxygen atoms in total. The number of hydrogen-bond donors (Lipinski definition) is 1. The van der Waals surface area contributed by atoms with Gasteiger partial charge in [0.1, 0.15) is 4.99 Å². The quantitative estimate of drug-likeness (QED) is 0.882. The van der Waals surface area contributed by atoms with Gasteiger partial charge in [-0.25, -0.2) is 0 Å². The molecule has 0 aliphatic carbocycles. The minimum Gasteiger partial charge on any atom is -0.389 e. The minimum atomic E-state index is -0.125. The van der Waals surface area contributed by atoms with Crippen LogP contribution in [0.2, 0.25) is 0 Å². The fourth-order valence-electron chi connectivity index (χ4n) is 2.31. The van der Waals surface area contributed by atoms with Gasteiger partial charge < -0.3 is 10.3 Å². The molecule has 0 saturated carbocycles. The first-order chi connectivity index (χ1) is 9.41. The lowest BCUT2D eigenvalue weighted by Gasteiger charge is -2.15. The zero-order valence-corrected chi connectivity index (χ0v) is 12.8. The van der Waals surface area contributed by atoms with Gasteiger partial charge >= 0.3 is 0 Å². The number of aromatic nitrogens is 1. The summed E-state index contributed by atoms with van der Waals surface area (Å²) in [6.45, 7) is 6.57. The van der Waals surface area contributed by atoms with Gasteiger partial charge in [0, 0.05) is 5.69 Å². The Morgan fingerprint density at radius 2 is 1.75 bits per heavy atom. The molecule has 20 heavy (non-hydrogen) atoms. The molecule has 0 bridgehead atoms. The molecule has 1 aromatic carbocycles. The second-order valence-corrected chi connectivity index (χ2v) is 5.45. The van der Waals surface area contributed by atoms with Crippen LogP contribution in [-0.2, 0) is 6.54 Å². The summed E-state index contributed by atoms with van der Waals surface area (Å²) >= 11 is 4.93. The van der Waals surface area contributed by atoms with E-state index >= 15 is 0 Å². The molecule has 0 spiro atoms. The van der Waals surface area contributed by atoms with Gasteiger partial charge in [-0.15, -0.1) is 0 Å². The molecule has 0 unspecified atom stereocenters. The zero-order chi connectivity index (χ0) is 14.9. The van der Waals surface area contributed by atoms with Crippen LogP contribution in [0.25, 0.3) is 0 Å². The molecule has 1 aromatic heterocycles. The Morgan fingerprint density at radius 1 is 1.15 bits per heavy atom. The third-order valence-corrected chi connectivity index (χ3v) is 3.84. The summed E-state index contributed by atoms with van der Waals surface area (Å²) < 4.78 is 1.73. The molecule has 0 radical (unpaired) electrons. The molecule has 0 aliphatic rings. The highest BCUT2D eigenvalue weighted by Gasteiger charge is 2.11. The van der Waals surface area contributed by atoms with E-state index in [-0.39, 0.29) is 10.5 Å². The summed E-state index contributed by atoms with van der Waals surface area (Å²) in [6, 6.07) is 9.71. The van der Waals surface area contributed by atoms with Crippen molar-refractivity contribution in [1.82, 2.24) is 4.57 Å². The lowest BCUT2D eigenvalue weighted by Crippen LogP contribution is -2.30. The van der Waals surface area contributed by atoms with E-state index in [1.54, 1.807) is 10.6 Å². The molecule has 2 N–H and O–H groups in total. The van der Waals surface area contributed by atoms with Gasteiger partial charge in [0.05, 0.1) is 12.1 Å². The number of thiocarbonyl (C=S) groups is 1. The highest BCUT2D eigenvalue weighted by Crippen LogP contribution is 2.15. The van der Waals surface area contributed by atoms with E-state index in [0.717, 1.165) is 11.3 Å². The van der Waals surface area contributed by atoms with Gasteiger partial charge in [0.15, 0.2) is 0 Å². The average molecular weight is 286 g/mol.